The number of fused-ring (bicyclic) bond motifs is 1. The van der Waals surface area contributed by atoms with Gasteiger partial charge in [0.2, 0.25) is 11.9 Å². The molecule has 1 aliphatic rings. The van der Waals surface area contributed by atoms with Gasteiger partial charge in [-0.3, -0.25) is 9.59 Å². The molecule has 154 valence electrons. The molecule has 1 aliphatic heterocycles. The van der Waals surface area contributed by atoms with Crippen molar-refractivity contribution >= 4 is 34.8 Å². The van der Waals surface area contributed by atoms with Crippen molar-refractivity contribution in [1.29, 1.82) is 0 Å². The van der Waals surface area contributed by atoms with E-state index in [4.69, 9.17) is 5.73 Å². The molecular formula is C22H23N5O3. The van der Waals surface area contributed by atoms with E-state index in [0.717, 1.165) is 28.8 Å². The van der Waals surface area contributed by atoms with Crippen LogP contribution in [-0.2, 0) is 17.8 Å². The second-order valence-corrected chi connectivity index (χ2v) is 7.35. The molecule has 0 unspecified atom stereocenters. The molecule has 2 aromatic carbocycles. The minimum atomic E-state index is -0.652. The molecule has 1 saturated heterocycles. The molecule has 2 heterocycles. The highest BCUT2D eigenvalue weighted by molar-refractivity contribution is 6.21. The number of hydrogen-bond donors (Lipinski definition) is 2. The van der Waals surface area contributed by atoms with Crippen LogP contribution in [0.15, 0.2) is 48.5 Å². The molecule has 4 rings (SSSR count). The molecule has 1 aromatic heterocycles. The Bertz CT molecular complexity index is 1120. The fourth-order valence-corrected chi connectivity index (χ4v) is 3.69. The van der Waals surface area contributed by atoms with E-state index in [1.54, 1.807) is 18.2 Å². The van der Waals surface area contributed by atoms with Crippen molar-refractivity contribution in [2.45, 2.75) is 38.8 Å². The Morgan fingerprint density at radius 1 is 1.17 bits per heavy atom. The monoisotopic (exact) mass is 405 g/mol. The number of aromatic nitrogens is 2. The third-order valence-electron chi connectivity index (χ3n) is 5.25. The van der Waals surface area contributed by atoms with Crippen LogP contribution in [-0.4, -0.2) is 33.4 Å². The molecular weight excluding hydrogens is 382 g/mol. The first kappa shape index (κ1) is 19.6. The van der Waals surface area contributed by atoms with Gasteiger partial charge in [0.1, 0.15) is 6.04 Å². The lowest BCUT2D eigenvalue weighted by Crippen LogP contribution is -2.34. The number of nitrogens with two attached hydrogens (primary N) is 1. The highest BCUT2D eigenvalue weighted by Gasteiger charge is 2.41. The first-order valence-corrected chi connectivity index (χ1v) is 9.98. The summed E-state index contributed by atoms with van der Waals surface area (Å²) < 4.78 is 1.85. The topological polar surface area (TPSA) is 110 Å². The summed E-state index contributed by atoms with van der Waals surface area (Å²) in [7, 11) is 0. The van der Waals surface area contributed by atoms with Crippen LogP contribution < -0.4 is 16.0 Å². The second-order valence-electron chi connectivity index (χ2n) is 7.35. The Morgan fingerprint density at radius 2 is 1.93 bits per heavy atom. The van der Waals surface area contributed by atoms with E-state index < -0.39 is 18.0 Å². The quantitative estimate of drug-likeness (QED) is 0.589. The predicted octanol–water partition coefficient (Wildman–Crippen LogP) is 2.60. The Morgan fingerprint density at radius 3 is 2.63 bits per heavy atom. The summed E-state index contributed by atoms with van der Waals surface area (Å²) in [6, 6.07) is 13.4. The van der Waals surface area contributed by atoms with Crippen LogP contribution in [0.1, 0.15) is 35.7 Å². The summed E-state index contributed by atoms with van der Waals surface area (Å²) in [4.78, 5) is 43.0. The van der Waals surface area contributed by atoms with Gasteiger partial charge in [-0.2, -0.15) is 4.90 Å². The number of primary amides is 1. The number of rotatable bonds is 7. The highest BCUT2D eigenvalue weighted by Crippen LogP contribution is 2.27. The number of amides is 4. The predicted molar refractivity (Wildman–Crippen MR) is 113 cm³/mol. The Balaban J connectivity index is 1.72. The zero-order valence-electron chi connectivity index (χ0n) is 16.7. The van der Waals surface area contributed by atoms with Gasteiger partial charge in [-0.1, -0.05) is 43.7 Å². The highest BCUT2D eigenvalue weighted by atomic mass is 16.2. The van der Waals surface area contributed by atoms with Crippen molar-refractivity contribution in [3.63, 3.8) is 0 Å². The van der Waals surface area contributed by atoms with Crippen molar-refractivity contribution < 1.29 is 14.4 Å². The summed E-state index contributed by atoms with van der Waals surface area (Å²) in [6.07, 6.45) is 2.20. The Labute approximate surface area is 173 Å². The van der Waals surface area contributed by atoms with Crippen molar-refractivity contribution in [3.05, 3.63) is 59.7 Å². The lowest BCUT2D eigenvalue weighted by atomic mass is 10.1. The van der Waals surface area contributed by atoms with Crippen molar-refractivity contribution in [2.24, 2.45) is 5.73 Å². The zero-order chi connectivity index (χ0) is 21.3. The maximum absolute atomic E-state index is 13.1. The van der Waals surface area contributed by atoms with E-state index in [1.807, 2.05) is 34.9 Å². The van der Waals surface area contributed by atoms with Gasteiger partial charge in [-0.05, 0) is 30.2 Å². The fraction of sp³-hybridized carbons (Fsp3) is 0.273. The van der Waals surface area contributed by atoms with Gasteiger partial charge in [0, 0.05) is 18.5 Å². The van der Waals surface area contributed by atoms with Gasteiger partial charge in [0.15, 0.2) is 0 Å². The molecule has 1 atom stereocenters. The van der Waals surface area contributed by atoms with Gasteiger partial charge < -0.3 is 15.6 Å². The van der Waals surface area contributed by atoms with Crippen LogP contribution in [0.2, 0.25) is 0 Å². The fourth-order valence-electron chi connectivity index (χ4n) is 3.69. The minimum Gasteiger partial charge on any atom is -0.366 e. The van der Waals surface area contributed by atoms with E-state index in [0.29, 0.717) is 24.0 Å². The normalized spacial score (nSPS) is 16.3. The van der Waals surface area contributed by atoms with Gasteiger partial charge in [-0.25, -0.2) is 9.78 Å². The molecule has 0 spiro atoms. The number of imide groups is 1. The third-order valence-corrected chi connectivity index (χ3v) is 5.25. The first-order valence-electron chi connectivity index (χ1n) is 9.98. The standard InChI is InChI=1S/C22H23N5O3/c1-2-3-11-26-18-10-9-15(19(23)28)13-16(18)24-21(26)27-20(29)17(25-22(27)30)12-14-7-5-4-6-8-14/h4-10,13,17H,2-3,11-12H2,1H3,(H2,23,28)(H,25,30)/t17-/m0/s1. The summed E-state index contributed by atoms with van der Waals surface area (Å²) in [5, 5.41) is 2.77. The van der Waals surface area contributed by atoms with Gasteiger partial charge in [0.05, 0.1) is 11.0 Å². The van der Waals surface area contributed by atoms with Gasteiger partial charge in [0.25, 0.3) is 5.91 Å². The molecule has 0 saturated carbocycles. The van der Waals surface area contributed by atoms with Crippen LogP contribution >= 0.6 is 0 Å². The molecule has 1 fully saturated rings. The molecule has 30 heavy (non-hydrogen) atoms. The van der Waals surface area contributed by atoms with Crippen LogP contribution in [0.4, 0.5) is 10.7 Å². The van der Waals surface area contributed by atoms with Crippen molar-refractivity contribution in [1.82, 2.24) is 14.9 Å². The maximum atomic E-state index is 13.1. The molecule has 0 bridgehead atoms. The van der Waals surface area contributed by atoms with Crippen LogP contribution in [0.3, 0.4) is 0 Å². The number of unbranched alkanes of at least 4 members (excludes halogenated alkanes) is 1. The van der Waals surface area contributed by atoms with E-state index in [2.05, 4.69) is 17.2 Å². The number of hydrogen-bond acceptors (Lipinski definition) is 4. The third kappa shape index (κ3) is 3.52. The molecule has 0 aliphatic carbocycles. The number of carbonyl (C=O) groups excluding carboxylic acids is 3. The molecule has 3 aromatic rings. The Hall–Kier alpha value is -3.68. The number of urea groups is 1. The summed E-state index contributed by atoms with van der Waals surface area (Å²) >= 11 is 0. The molecule has 8 nitrogen and oxygen atoms in total. The lowest BCUT2D eigenvalue weighted by molar-refractivity contribution is -0.118. The largest absolute Gasteiger partial charge is 0.366 e. The van der Waals surface area contributed by atoms with Gasteiger partial charge in [-0.15, -0.1) is 0 Å². The number of aryl methyl sites for hydroxylation is 1. The average molecular weight is 405 g/mol. The van der Waals surface area contributed by atoms with Crippen molar-refractivity contribution in [2.75, 3.05) is 4.90 Å². The number of nitrogens with one attached hydrogen (secondary N) is 1. The van der Waals surface area contributed by atoms with E-state index >= 15 is 0 Å². The zero-order valence-corrected chi connectivity index (χ0v) is 16.7. The van der Waals surface area contributed by atoms with E-state index in [9.17, 15) is 14.4 Å². The SMILES string of the molecule is CCCCn1c(N2C(=O)N[C@@H](Cc3ccccc3)C2=O)nc2cc(C(N)=O)ccc21. The molecule has 4 amide bonds. The molecule has 3 N–H and O–H groups in total. The smallest absolute Gasteiger partial charge is 0.331 e. The lowest BCUT2D eigenvalue weighted by Gasteiger charge is -2.15. The number of carbonyl (C=O) groups is 3. The number of anilines is 1. The summed E-state index contributed by atoms with van der Waals surface area (Å²) in [5.74, 6) is -0.635. The number of nitrogens with zero attached hydrogens (tertiary/aromatic N) is 3. The second kappa shape index (κ2) is 7.98. The molecule has 8 heteroatoms. The van der Waals surface area contributed by atoms with Crippen LogP contribution in [0.25, 0.3) is 11.0 Å². The van der Waals surface area contributed by atoms with Gasteiger partial charge >= 0.3 is 6.03 Å². The summed E-state index contributed by atoms with van der Waals surface area (Å²) in [6.45, 7) is 2.66. The Kier molecular flexibility index (Phi) is 5.22. The van der Waals surface area contributed by atoms with Crippen molar-refractivity contribution in [3.8, 4) is 0 Å². The number of imidazole rings is 1. The van der Waals surface area contributed by atoms with E-state index in [-0.39, 0.29) is 11.9 Å². The van der Waals surface area contributed by atoms with E-state index in [1.165, 1.54) is 0 Å². The average Bonchev–Trinajstić information content (AvgIpc) is 3.22. The first-order chi connectivity index (χ1) is 14.5. The van der Waals surface area contributed by atoms with Crippen LogP contribution in [0, 0.1) is 0 Å². The van der Waals surface area contributed by atoms with Crippen LogP contribution in [0.5, 0.6) is 0 Å². The number of benzene rings is 2. The molecule has 0 radical (unpaired) electrons. The maximum Gasteiger partial charge on any atom is 0.331 e. The minimum absolute atomic E-state index is 0.262. The summed E-state index contributed by atoms with van der Waals surface area (Å²) in [5.41, 5.74) is 7.94.